The van der Waals surface area contributed by atoms with Crippen molar-refractivity contribution in [2.75, 3.05) is 32.8 Å². The summed E-state index contributed by atoms with van der Waals surface area (Å²) in [7, 11) is 0. The van der Waals surface area contributed by atoms with Crippen LogP contribution in [0.15, 0.2) is 18.2 Å². The highest BCUT2D eigenvalue weighted by Crippen LogP contribution is 2.11. The zero-order chi connectivity index (χ0) is 13.0. The molecule has 1 aliphatic heterocycles. The van der Waals surface area contributed by atoms with E-state index in [0.717, 1.165) is 31.3 Å². The Hall–Kier alpha value is -1.33. The summed E-state index contributed by atoms with van der Waals surface area (Å²) in [5.74, 6) is -1.67. The molecule has 0 saturated carbocycles. The Morgan fingerprint density at radius 2 is 1.78 bits per heavy atom. The standard InChI is InChI=1S/C13H15F2NO2/c14-11-7-10(8-12(15)9-11)13(17)1-2-16-3-5-18-6-4-16/h7-9H,1-6H2. The largest absolute Gasteiger partial charge is 0.379 e. The lowest BCUT2D eigenvalue weighted by Crippen LogP contribution is -2.37. The minimum atomic E-state index is -0.718. The monoisotopic (exact) mass is 255 g/mol. The van der Waals surface area contributed by atoms with Gasteiger partial charge in [0.1, 0.15) is 11.6 Å². The predicted molar refractivity (Wildman–Crippen MR) is 62.6 cm³/mol. The van der Waals surface area contributed by atoms with Gasteiger partial charge in [-0.2, -0.15) is 0 Å². The Morgan fingerprint density at radius 3 is 2.39 bits per heavy atom. The van der Waals surface area contributed by atoms with E-state index in [1.54, 1.807) is 0 Å². The molecule has 0 atom stereocenters. The first kappa shape index (κ1) is 13.1. The Kier molecular flexibility index (Phi) is 4.38. The van der Waals surface area contributed by atoms with Gasteiger partial charge in [-0.05, 0) is 12.1 Å². The summed E-state index contributed by atoms with van der Waals surface area (Å²) < 4.78 is 31.1. The van der Waals surface area contributed by atoms with E-state index in [9.17, 15) is 13.6 Å². The molecule has 0 aliphatic carbocycles. The van der Waals surface area contributed by atoms with Gasteiger partial charge in [-0.3, -0.25) is 9.69 Å². The molecule has 0 N–H and O–H groups in total. The maximum absolute atomic E-state index is 13.0. The summed E-state index contributed by atoms with van der Waals surface area (Å²) in [6, 6.07) is 2.91. The molecule has 0 amide bonds. The van der Waals surface area contributed by atoms with E-state index in [1.807, 2.05) is 0 Å². The molecule has 0 unspecified atom stereocenters. The summed E-state index contributed by atoms with van der Waals surface area (Å²) in [5.41, 5.74) is 0.0979. The molecular weight excluding hydrogens is 240 g/mol. The third-order valence-electron chi connectivity index (χ3n) is 2.94. The van der Waals surface area contributed by atoms with E-state index >= 15 is 0 Å². The van der Waals surface area contributed by atoms with Crippen molar-refractivity contribution in [3.8, 4) is 0 Å². The van der Waals surface area contributed by atoms with Crippen molar-refractivity contribution in [2.24, 2.45) is 0 Å². The van der Waals surface area contributed by atoms with Gasteiger partial charge in [-0.15, -0.1) is 0 Å². The molecule has 0 bridgehead atoms. The fourth-order valence-electron chi connectivity index (χ4n) is 1.94. The Balaban J connectivity index is 1.90. The van der Waals surface area contributed by atoms with Crippen molar-refractivity contribution in [1.29, 1.82) is 0 Å². The van der Waals surface area contributed by atoms with Crippen molar-refractivity contribution in [2.45, 2.75) is 6.42 Å². The van der Waals surface area contributed by atoms with Gasteiger partial charge in [0.05, 0.1) is 13.2 Å². The first-order valence-electron chi connectivity index (χ1n) is 5.94. The maximum Gasteiger partial charge on any atom is 0.164 e. The number of rotatable bonds is 4. The Bertz CT molecular complexity index is 411. The van der Waals surface area contributed by atoms with Crippen molar-refractivity contribution in [3.63, 3.8) is 0 Å². The molecule has 0 aromatic heterocycles. The number of hydrogen-bond acceptors (Lipinski definition) is 3. The molecule has 98 valence electrons. The molecular formula is C13H15F2NO2. The van der Waals surface area contributed by atoms with Crippen LogP contribution in [-0.2, 0) is 4.74 Å². The smallest absolute Gasteiger partial charge is 0.164 e. The Labute approximate surface area is 104 Å². The van der Waals surface area contributed by atoms with Gasteiger partial charge in [-0.1, -0.05) is 0 Å². The van der Waals surface area contributed by atoms with Crippen molar-refractivity contribution >= 4 is 5.78 Å². The number of nitrogens with zero attached hydrogens (tertiary/aromatic N) is 1. The highest BCUT2D eigenvalue weighted by Gasteiger charge is 2.14. The zero-order valence-corrected chi connectivity index (χ0v) is 9.99. The molecule has 1 saturated heterocycles. The molecule has 1 aromatic carbocycles. The summed E-state index contributed by atoms with van der Waals surface area (Å²) in [6.07, 6.45) is 0.267. The number of halogens is 2. The molecule has 0 radical (unpaired) electrons. The van der Waals surface area contributed by atoms with Crippen LogP contribution in [0.25, 0.3) is 0 Å². The van der Waals surface area contributed by atoms with Gasteiger partial charge >= 0.3 is 0 Å². The summed E-state index contributed by atoms with van der Waals surface area (Å²) in [5, 5.41) is 0. The second-order valence-corrected chi connectivity index (χ2v) is 4.29. The predicted octanol–water partition coefficient (Wildman–Crippen LogP) is 1.87. The lowest BCUT2D eigenvalue weighted by atomic mass is 10.1. The van der Waals surface area contributed by atoms with Crippen LogP contribution in [0.2, 0.25) is 0 Å². The van der Waals surface area contributed by atoms with Crippen LogP contribution in [0.1, 0.15) is 16.8 Å². The molecule has 5 heteroatoms. The molecule has 3 nitrogen and oxygen atoms in total. The number of hydrogen-bond donors (Lipinski definition) is 0. The van der Waals surface area contributed by atoms with E-state index in [0.29, 0.717) is 19.8 Å². The highest BCUT2D eigenvalue weighted by molar-refractivity contribution is 5.96. The number of morpholine rings is 1. The van der Waals surface area contributed by atoms with Gasteiger partial charge in [0.2, 0.25) is 0 Å². The third-order valence-corrected chi connectivity index (χ3v) is 2.94. The first-order chi connectivity index (χ1) is 8.65. The summed E-state index contributed by atoms with van der Waals surface area (Å²) >= 11 is 0. The molecule has 1 fully saturated rings. The summed E-state index contributed by atoms with van der Waals surface area (Å²) in [6.45, 7) is 3.53. The third kappa shape index (κ3) is 3.58. The molecule has 0 spiro atoms. The van der Waals surface area contributed by atoms with Crippen LogP contribution < -0.4 is 0 Å². The number of Topliss-reactive ketones (excluding diaryl/α,β-unsaturated/α-hetero) is 1. The molecule has 1 aliphatic rings. The first-order valence-corrected chi connectivity index (χ1v) is 5.94. The topological polar surface area (TPSA) is 29.5 Å². The van der Waals surface area contributed by atoms with E-state index in [1.165, 1.54) is 0 Å². The average Bonchev–Trinajstić information content (AvgIpc) is 2.36. The van der Waals surface area contributed by atoms with Crippen LogP contribution in [-0.4, -0.2) is 43.5 Å². The number of carbonyl (C=O) groups excluding carboxylic acids is 1. The fraction of sp³-hybridized carbons (Fsp3) is 0.462. The zero-order valence-electron chi connectivity index (χ0n) is 9.99. The van der Waals surface area contributed by atoms with E-state index in [-0.39, 0.29) is 17.8 Å². The lowest BCUT2D eigenvalue weighted by Gasteiger charge is -2.26. The normalized spacial score (nSPS) is 16.8. The van der Waals surface area contributed by atoms with E-state index < -0.39 is 11.6 Å². The highest BCUT2D eigenvalue weighted by atomic mass is 19.1. The van der Waals surface area contributed by atoms with Gasteiger partial charge in [0.25, 0.3) is 0 Å². The lowest BCUT2D eigenvalue weighted by molar-refractivity contribution is 0.0370. The Morgan fingerprint density at radius 1 is 1.17 bits per heavy atom. The maximum atomic E-state index is 13.0. The van der Waals surface area contributed by atoms with Crippen LogP contribution in [0, 0.1) is 11.6 Å². The molecule has 18 heavy (non-hydrogen) atoms. The number of carbonyl (C=O) groups is 1. The van der Waals surface area contributed by atoms with Gasteiger partial charge in [-0.25, -0.2) is 8.78 Å². The fourth-order valence-corrected chi connectivity index (χ4v) is 1.94. The van der Waals surface area contributed by atoms with Crippen LogP contribution in [0.4, 0.5) is 8.78 Å². The van der Waals surface area contributed by atoms with Gasteiger partial charge in [0.15, 0.2) is 5.78 Å². The SMILES string of the molecule is O=C(CCN1CCOCC1)c1cc(F)cc(F)c1. The number of ether oxygens (including phenoxy) is 1. The van der Waals surface area contributed by atoms with Crippen molar-refractivity contribution in [3.05, 3.63) is 35.4 Å². The summed E-state index contributed by atoms with van der Waals surface area (Å²) in [4.78, 5) is 13.9. The van der Waals surface area contributed by atoms with Gasteiger partial charge in [0, 0.05) is 37.7 Å². The number of benzene rings is 1. The minimum absolute atomic E-state index is 0.0979. The quantitative estimate of drug-likeness (QED) is 0.769. The van der Waals surface area contributed by atoms with Crippen LogP contribution in [0.5, 0.6) is 0 Å². The van der Waals surface area contributed by atoms with Crippen molar-refractivity contribution in [1.82, 2.24) is 4.90 Å². The number of ketones is 1. The molecule has 1 heterocycles. The average molecular weight is 255 g/mol. The van der Waals surface area contributed by atoms with Crippen LogP contribution in [0.3, 0.4) is 0 Å². The minimum Gasteiger partial charge on any atom is -0.379 e. The van der Waals surface area contributed by atoms with E-state index in [4.69, 9.17) is 4.74 Å². The van der Waals surface area contributed by atoms with Crippen LogP contribution >= 0.6 is 0 Å². The van der Waals surface area contributed by atoms with Gasteiger partial charge < -0.3 is 4.74 Å². The second-order valence-electron chi connectivity index (χ2n) is 4.29. The van der Waals surface area contributed by atoms with E-state index in [2.05, 4.69) is 4.90 Å². The second kappa shape index (κ2) is 6.02. The van der Waals surface area contributed by atoms with Crippen molar-refractivity contribution < 1.29 is 18.3 Å². The molecule has 1 aromatic rings. The molecule has 2 rings (SSSR count).